The molecule has 0 fully saturated rings. The van der Waals surface area contributed by atoms with Gasteiger partial charge in [0.2, 0.25) is 5.91 Å². The van der Waals surface area contributed by atoms with Gasteiger partial charge in [0.1, 0.15) is 6.04 Å². The Labute approximate surface area is 145 Å². The van der Waals surface area contributed by atoms with E-state index < -0.39 is 12.0 Å². The maximum absolute atomic E-state index is 11.4. The molecule has 1 amide bonds. The summed E-state index contributed by atoms with van der Waals surface area (Å²) in [6.07, 6.45) is 11.3. The predicted octanol–water partition coefficient (Wildman–Crippen LogP) is 3.12. The number of carboxylic acid groups (broad SMARTS) is 1. The van der Waals surface area contributed by atoms with Crippen LogP contribution in [0.2, 0.25) is 0 Å². The molecular formula is C15H29NNaO3. The van der Waals surface area contributed by atoms with Crippen LogP contribution in [0, 0.1) is 0 Å². The first-order chi connectivity index (χ1) is 9.07. The summed E-state index contributed by atoms with van der Waals surface area (Å²) in [5, 5.41) is 11.1. The number of carbonyl (C=O) groups excluding carboxylic acids is 1. The molecule has 0 rings (SSSR count). The first-order valence-electron chi connectivity index (χ1n) is 7.60. The summed E-state index contributed by atoms with van der Waals surface area (Å²) >= 11 is 0. The van der Waals surface area contributed by atoms with Crippen molar-refractivity contribution in [3.8, 4) is 0 Å². The van der Waals surface area contributed by atoms with E-state index in [9.17, 15) is 9.59 Å². The molecule has 5 heteroatoms. The zero-order valence-electron chi connectivity index (χ0n) is 13.4. The van der Waals surface area contributed by atoms with Crippen LogP contribution >= 0.6 is 0 Å². The second-order valence-electron chi connectivity index (χ2n) is 5.21. The number of amides is 1. The van der Waals surface area contributed by atoms with Gasteiger partial charge in [-0.2, -0.15) is 0 Å². The summed E-state index contributed by atoms with van der Waals surface area (Å²) in [4.78, 5) is 21.9. The van der Waals surface area contributed by atoms with E-state index in [1.54, 1.807) is 0 Å². The van der Waals surface area contributed by atoms with E-state index >= 15 is 0 Å². The third-order valence-corrected chi connectivity index (χ3v) is 3.26. The van der Waals surface area contributed by atoms with Crippen molar-refractivity contribution >= 4 is 41.4 Å². The fraction of sp³-hybridized carbons (Fsp3) is 0.867. The normalized spacial score (nSPS) is 11.5. The predicted molar refractivity (Wildman–Crippen MR) is 82.8 cm³/mol. The van der Waals surface area contributed by atoms with E-state index in [1.807, 2.05) is 0 Å². The Morgan fingerprint density at radius 2 is 1.40 bits per heavy atom. The number of hydrogen-bond acceptors (Lipinski definition) is 2. The fourth-order valence-electron chi connectivity index (χ4n) is 1.97. The molecule has 0 aliphatic heterocycles. The smallest absolute Gasteiger partial charge is 0.325 e. The van der Waals surface area contributed by atoms with E-state index in [4.69, 9.17) is 5.11 Å². The molecule has 1 radical (unpaired) electrons. The van der Waals surface area contributed by atoms with E-state index in [0.29, 0.717) is 6.42 Å². The SMILES string of the molecule is CCCCCCCCCCCC(=O)NC(C)C(=O)O.[Na]. The molecule has 0 aromatic heterocycles. The maximum atomic E-state index is 11.4. The Balaban J connectivity index is 0. The summed E-state index contributed by atoms with van der Waals surface area (Å²) in [7, 11) is 0. The number of carbonyl (C=O) groups is 2. The van der Waals surface area contributed by atoms with Gasteiger partial charge in [-0.3, -0.25) is 9.59 Å². The van der Waals surface area contributed by atoms with Crippen LogP contribution in [0.4, 0.5) is 0 Å². The second-order valence-corrected chi connectivity index (χ2v) is 5.21. The molecule has 0 saturated heterocycles. The quantitative estimate of drug-likeness (QED) is 0.429. The number of rotatable bonds is 12. The molecule has 0 aromatic carbocycles. The van der Waals surface area contributed by atoms with Gasteiger partial charge in [0.05, 0.1) is 0 Å². The summed E-state index contributed by atoms with van der Waals surface area (Å²) in [6.45, 7) is 3.70. The van der Waals surface area contributed by atoms with Gasteiger partial charge in [-0.05, 0) is 13.3 Å². The molecule has 2 N–H and O–H groups in total. The van der Waals surface area contributed by atoms with Gasteiger partial charge in [-0.25, -0.2) is 0 Å². The average Bonchev–Trinajstić information content (AvgIpc) is 2.36. The zero-order valence-corrected chi connectivity index (χ0v) is 15.4. The number of carboxylic acids is 1. The molecule has 0 heterocycles. The first kappa shape index (κ1) is 22.2. The van der Waals surface area contributed by atoms with Crippen LogP contribution in [0.1, 0.15) is 78.1 Å². The van der Waals surface area contributed by atoms with Gasteiger partial charge in [0, 0.05) is 36.0 Å². The van der Waals surface area contributed by atoms with Crippen molar-refractivity contribution in [3.63, 3.8) is 0 Å². The minimum Gasteiger partial charge on any atom is -0.480 e. The van der Waals surface area contributed by atoms with Crippen molar-refractivity contribution in [2.45, 2.75) is 84.1 Å². The first-order valence-corrected chi connectivity index (χ1v) is 7.60. The Bertz CT molecular complexity index is 260. The van der Waals surface area contributed by atoms with Gasteiger partial charge in [-0.1, -0.05) is 58.3 Å². The molecule has 113 valence electrons. The molecule has 0 spiro atoms. The van der Waals surface area contributed by atoms with E-state index in [0.717, 1.165) is 12.8 Å². The summed E-state index contributed by atoms with van der Waals surface area (Å²) < 4.78 is 0. The van der Waals surface area contributed by atoms with Crippen molar-refractivity contribution in [1.82, 2.24) is 5.32 Å². The Kier molecular flexibility index (Phi) is 17.0. The molecule has 1 unspecified atom stereocenters. The summed E-state index contributed by atoms with van der Waals surface area (Å²) in [6, 6.07) is -0.786. The molecule has 4 nitrogen and oxygen atoms in total. The van der Waals surface area contributed by atoms with Crippen molar-refractivity contribution < 1.29 is 14.7 Å². The van der Waals surface area contributed by atoms with Gasteiger partial charge in [-0.15, -0.1) is 0 Å². The summed E-state index contributed by atoms with van der Waals surface area (Å²) in [5.41, 5.74) is 0. The van der Waals surface area contributed by atoms with Gasteiger partial charge >= 0.3 is 5.97 Å². The number of hydrogen-bond donors (Lipinski definition) is 2. The van der Waals surface area contributed by atoms with Crippen LogP contribution in [0.25, 0.3) is 0 Å². The topological polar surface area (TPSA) is 66.4 Å². The second kappa shape index (κ2) is 15.3. The number of unbranched alkanes of at least 4 members (excludes halogenated alkanes) is 8. The van der Waals surface area contributed by atoms with Crippen molar-refractivity contribution in [2.75, 3.05) is 0 Å². The Morgan fingerprint density at radius 1 is 0.950 bits per heavy atom. The molecule has 0 bridgehead atoms. The van der Waals surface area contributed by atoms with E-state index in [1.165, 1.54) is 51.9 Å². The summed E-state index contributed by atoms with van der Waals surface area (Å²) in [5.74, 6) is -1.14. The fourth-order valence-corrected chi connectivity index (χ4v) is 1.97. The van der Waals surface area contributed by atoms with Crippen LogP contribution in [-0.2, 0) is 9.59 Å². The Morgan fingerprint density at radius 3 is 1.85 bits per heavy atom. The van der Waals surface area contributed by atoms with Gasteiger partial charge in [0.25, 0.3) is 0 Å². The van der Waals surface area contributed by atoms with Crippen LogP contribution in [0.3, 0.4) is 0 Å². The molecule has 20 heavy (non-hydrogen) atoms. The van der Waals surface area contributed by atoms with Crippen LogP contribution in [0.15, 0.2) is 0 Å². The maximum Gasteiger partial charge on any atom is 0.325 e. The van der Waals surface area contributed by atoms with Crippen molar-refractivity contribution in [3.05, 3.63) is 0 Å². The third kappa shape index (κ3) is 14.4. The molecular weight excluding hydrogens is 265 g/mol. The van der Waals surface area contributed by atoms with Crippen molar-refractivity contribution in [2.24, 2.45) is 0 Å². The standard InChI is InChI=1S/C15H29NO3.Na/c1-3-4-5-6-7-8-9-10-11-12-14(17)16-13(2)15(18)19;/h13H,3-12H2,1-2H3,(H,16,17)(H,18,19);. The van der Waals surface area contributed by atoms with E-state index in [-0.39, 0.29) is 35.5 Å². The zero-order chi connectivity index (χ0) is 14.5. The number of aliphatic carboxylic acids is 1. The van der Waals surface area contributed by atoms with Gasteiger partial charge < -0.3 is 10.4 Å². The average molecular weight is 294 g/mol. The minimum absolute atomic E-state index is 0. The van der Waals surface area contributed by atoms with Crippen LogP contribution in [0.5, 0.6) is 0 Å². The molecule has 0 aromatic rings. The number of nitrogens with one attached hydrogen (secondary N) is 1. The largest absolute Gasteiger partial charge is 0.480 e. The van der Waals surface area contributed by atoms with Crippen molar-refractivity contribution in [1.29, 1.82) is 0 Å². The monoisotopic (exact) mass is 294 g/mol. The van der Waals surface area contributed by atoms with Crippen LogP contribution < -0.4 is 5.32 Å². The van der Waals surface area contributed by atoms with E-state index in [2.05, 4.69) is 12.2 Å². The Hall–Kier alpha value is -0.0600. The van der Waals surface area contributed by atoms with Crippen LogP contribution in [-0.4, -0.2) is 52.6 Å². The molecule has 0 aliphatic rings. The van der Waals surface area contributed by atoms with Gasteiger partial charge in [0.15, 0.2) is 0 Å². The third-order valence-electron chi connectivity index (χ3n) is 3.26. The molecule has 0 aliphatic carbocycles. The molecule has 0 saturated carbocycles. The minimum atomic E-state index is -0.986. The molecule has 1 atom stereocenters.